The maximum Gasteiger partial charge on any atom is 0.171 e. The van der Waals surface area contributed by atoms with Gasteiger partial charge in [-0.1, -0.05) is 12.1 Å². The maximum absolute atomic E-state index is 5.37. The Morgan fingerprint density at radius 2 is 2.05 bits per heavy atom. The predicted molar refractivity (Wildman–Crippen MR) is 91.6 cm³/mol. The number of anilines is 1. The average Bonchev–Trinajstić information content (AvgIpc) is 2.82. The van der Waals surface area contributed by atoms with Crippen LogP contribution in [0.1, 0.15) is 29.3 Å². The fourth-order valence-corrected chi connectivity index (χ4v) is 2.39. The zero-order chi connectivity index (χ0) is 15.4. The summed E-state index contributed by atoms with van der Waals surface area (Å²) in [5, 5.41) is 11.5. The summed E-state index contributed by atoms with van der Waals surface area (Å²) in [5.41, 5.74) is 5.87. The Balaban J connectivity index is 1.96. The number of hydrogen-bond donors (Lipinski definition) is 2. The molecule has 2 N–H and O–H groups in total. The van der Waals surface area contributed by atoms with Crippen molar-refractivity contribution >= 4 is 23.0 Å². The van der Waals surface area contributed by atoms with Crippen molar-refractivity contribution in [3.05, 3.63) is 46.8 Å². The maximum atomic E-state index is 5.37. The van der Waals surface area contributed by atoms with Crippen molar-refractivity contribution in [2.75, 3.05) is 5.32 Å². The van der Waals surface area contributed by atoms with Gasteiger partial charge in [0.25, 0.3) is 0 Å². The fraction of sp³-hybridized carbons (Fsp3) is 0.375. The third-order valence-corrected chi connectivity index (χ3v) is 4.04. The van der Waals surface area contributed by atoms with E-state index in [-0.39, 0.29) is 0 Å². The molecule has 0 radical (unpaired) electrons. The van der Waals surface area contributed by atoms with Gasteiger partial charge in [-0.3, -0.25) is 4.68 Å². The molecule has 0 aliphatic carbocycles. The molecule has 112 valence electrons. The van der Waals surface area contributed by atoms with E-state index in [1.54, 1.807) is 0 Å². The zero-order valence-corrected chi connectivity index (χ0v) is 13.8. The van der Waals surface area contributed by atoms with E-state index >= 15 is 0 Å². The van der Waals surface area contributed by atoms with E-state index in [0.29, 0.717) is 11.7 Å². The van der Waals surface area contributed by atoms with Crippen molar-refractivity contribution in [1.82, 2.24) is 15.1 Å². The molecule has 2 rings (SSSR count). The molecule has 0 saturated carbocycles. The third kappa shape index (κ3) is 3.61. The highest BCUT2D eigenvalue weighted by atomic mass is 32.1. The highest BCUT2D eigenvalue weighted by molar-refractivity contribution is 7.80. The Kier molecular flexibility index (Phi) is 4.96. The molecule has 0 fully saturated rings. The number of nitrogens with one attached hydrogen (secondary N) is 2. The molecule has 0 unspecified atom stereocenters. The largest absolute Gasteiger partial charge is 0.358 e. The van der Waals surface area contributed by atoms with Gasteiger partial charge < -0.3 is 10.6 Å². The van der Waals surface area contributed by atoms with Crippen molar-refractivity contribution in [3.8, 4) is 0 Å². The molecule has 0 aliphatic heterocycles. The van der Waals surface area contributed by atoms with Crippen LogP contribution < -0.4 is 10.6 Å². The number of nitrogens with zero attached hydrogens (tertiary/aromatic N) is 2. The summed E-state index contributed by atoms with van der Waals surface area (Å²) in [5.74, 6) is 0. The van der Waals surface area contributed by atoms with Gasteiger partial charge in [0.1, 0.15) is 0 Å². The SMILES string of the molecule is CCn1ncc(CNC(=S)Nc2cccc(C)c2C)c1C. The first-order valence-electron chi connectivity index (χ1n) is 7.15. The Bertz CT molecular complexity index is 646. The van der Waals surface area contributed by atoms with Crippen LogP contribution in [0.25, 0.3) is 0 Å². The predicted octanol–water partition coefficient (Wildman–Crippen LogP) is 3.31. The first-order chi connectivity index (χ1) is 10.0. The number of aryl methyl sites for hydroxylation is 2. The molecule has 1 aromatic heterocycles. The van der Waals surface area contributed by atoms with Crippen LogP contribution in [-0.4, -0.2) is 14.9 Å². The summed E-state index contributed by atoms with van der Waals surface area (Å²) in [7, 11) is 0. The van der Waals surface area contributed by atoms with Crippen LogP contribution in [0.2, 0.25) is 0 Å². The smallest absolute Gasteiger partial charge is 0.171 e. The normalized spacial score (nSPS) is 10.5. The van der Waals surface area contributed by atoms with Gasteiger partial charge in [0.2, 0.25) is 0 Å². The Morgan fingerprint density at radius 3 is 2.71 bits per heavy atom. The minimum atomic E-state index is 0.632. The summed E-state index contributed by atoms with van der Waals surface area (Å²) in [6.45, 7) is 9.92. The summed E-state index contributed by atoms with van der Waals surface area (Å²) < 4.78 is 1.98. The minimum absolute atomic E-state index is 0.632. The van der Waals surface area contributed by atoms with Crippen molar-refractivity contribution < 1.29 is 0 Å². The number of benzene rings is 1. The van der Waals surface area contributed by atoms with Crippen LogP contribution in [-0.2, 0) is 13.1 Å². The highest BCUT2D eigenvalue weighted by Gasteiger charge is 2.06. The van der Waals surface area contributed by atoms with Crippen molar-refractivity contribution in [2.24, 2.45) is 0 Å². The molecule has 21 heavy (non-hydrogen) atoms. The Labute approximate surface area is 131 Å². The van der Waals surface area contributed by atoms with Crippen molar-refractivity contribution in [2.45, 2.75) is 40.8 Å². The molecular formula is C16H22N4S. The zero-order valence-electron chi connectivity index (χ0n) is 13.0. The molecule has 2 aromatic rings. The summed E-state index contributed by atoms with van der Waals surface area (Å²) in [6.07, 6.45) is 1.90. The van der Waals surface area contributed by atoms with Gasteiger partial charge in [-0.15, -0.1) is 0 Å². The van der Waals surface area contributed by atoms with Gasteiger partial charge in [0.15, 0.2) is 5.11 Å². The van der Waals surface area contributed by atoms with Gasteiger partial charge in [0.05, 0.1) is 6.20 Å². The number of hydrogen-bond acceptors (Lipinski definition) is 2. The lowest BCUT2D eigenvalue weighted by atomic mass is 10.1. The summed E-state index contributed by atoms with van der Waals surface area (Å²) in [4.78, 5) is 0. The van der Waals surface area contributed by atoms with Crippen LogP contribution in [0.15, 0.2) is 24.4 Å². The lowest BCUT2D eigenvalue weighted by molar-refractivity contribution is 0.638. The van der Waals surface area contributed by atoms with E-state index in [1.165, 1.54) is 22.4 Å². The molecule has 1 aromatic carbocycles. The molecule has 0 atom stereocenters. The number of rotatable bonds is 4. The second kappa shape index (κ2) is 6.72. The number of aromatic nitrogens is 2. The standard InChI is InChI=1S/C16H22N4S/c1-5-20-13(4)14(10-18-20)9-17-16(21)19-15-8-6-7-11(2)12(15)3/h6-8,10H,5,9H2,1-4H3,(H2,17,19,21). The molecular weight excluding hydrogens is 280 g/mol. The van der Waals surface area contributed by atoms with E-state index < -0.39 is 0 Å². The minimum Gasteiger partial charge on any atom is -0.358 e. The van der Waals surface area contributed by atoms with Crippen LogP contribution in [0.3, 0.4) is 0 Å². The quantitative estimate of drug-likeness (QED) is 0.850. The molecule has 0 aliphatic rings. The summed E-state index contributed by atoms with van der Waals surface area (Å²) >= 11 is 5.37. The van der Waals surface area contributed by atoms with Crippen LogP contribution in [0.4, 0.5) is 5.69 Å². The molecule has 0 spiro atoms. The number of thiocarbonyl (C=S) groups is 1. The topological polar surface area (TPSA) is 41.9 Å². The van der Waals surface area contributed by atoms with Gasteiger partial charge in [-0.25, -0.2) is 0 Å². The van der Waals surface area contributed by atoms with E-state index in [2.05, 4.69) is 49.5 Å². The Hall–Kier alpha value is -1.88. The van der Waals surface area contributed by atoms with Crippen molar-refractivity contribution in [3.63, 3.8) is 0 Å². The monoisotopic (exact) mass is 302 g/mol. The molecule has 0 amide bonds. The van der Waals surface area contributed by atoms with E-state index in [9.17, 15) is 0 Å². The lowest BCUT2D eigenvalue weighted by Crippen LogP contribution is -2.28. The second-order valence-corrected chi connectivity index (χ2v) is 5.53. The molecule has 1 heterocycles. The van der Waals surface area contributed by atoms with E-state index in [1.807, 2.05) is 23.0 Å². The highest BCUT2D eigenvalue weighted by Crippen LogP contribution is 2.17. The van der Waals surface area contributed by atoms with E-state index in [0.717, 1.165) is 12.2 Å². The first kappa shape index (κ1) is 15.5. The van der Waals surface area contributed by atoms with Gasteiger partial charge >= 0.3 is 0 Å². The average molecular weight is 302 g/mol. The summed E-state index contributed by atoms with van der Waals surface area (Å²) in [6, 6.07) is 6.17. The first-order valence-corrected chi connectivity index (χ1v) is 7.56. The van der Waals surface area contributed by atoms with Gasteiger partial charge in [-0.05, 0) is 57.1 Å². The van der Waals surface area contributed by atoms with Gasteiger partial charge in [-0.2, -0.15) is 5.10 Å². The molecule has 0 saturated heterocycles. The fourth-order valence-electron chi connectivity index (χ4n) is 2.21. The molecule has 4 nitrogen and oxygen atoms in total. The van der Waals surface area contributed by atoms with Gasteiger partial charge in [0, 0.05) is 30.0 Å². The molecule has 0 bridgehead atoms. The molecule has 5 heteroatoms. The lowest BCUT2D eigenvalue weighted by Gasteiger charge is -2.13. The second-order valence-electron chi connectivity index (χ2n) is 5.13. The van der Waals surface area contributed by atoms with Crippen LogP contribution in [0.5, 0.6) is 0 Å². The van der Waals surface area contributed by atoms with Crippen LogP contribution in [0, 0.1) is 20.8 Å². The third-order valence-electron chi connectivity index (χ3n) is 3.80. The van der Waals surface area contributed by atoms with E-state index in [4.69, 9.17) is 12.2 Å². The van der Waals surface area contributed by atoms with Crippen LogP contribution >= 0.6 is 12.2 Å². The van der Waals surface area contributed by atoms with Crippen molar-refractivity contribution in [1.29, 1.82) is 0 Å². The Morgan fingerprint density at radius 1 is 1.29 bits per heavy atom.